The molecule has 1 aliphatic rings. The lowest BCUT2D eigenvalue weighted by Gasteiger charge is -2.07. The van der Waals surface area contributed by atoms with Gasteiger partial charge in [-0.3, -0.25) is 4.79 Å². The third kappa shape index (κ3) is 5.28. The van der Waals surface area contributed by atoms with E-state index in [1.165, 1.54) is 0 Å². The first-order valence-electron chi connectivity index (χ1n) is 10.3. The van der Waals surface area contributed by atoms with Gasteiger partial charge in [-0.1, -0.05) is 30.0 Å². The lowest BCUT2D eigenvalue weighted by Crippen LogP contribution is -2.21. The number of hydroxylamine groups is 1. The van der Waals surface area contributed by atoms with Crippen molar-refractivity contribution < 1.29 is 23.6 Å². The summed E-state index contributed by atoms with van der Waals surface area (Å²) in [7, 11) is 0. The largest absolute Gasteiger partial charge is 0.493 e. The van der Waals surface area contributed by atoms with Gasteiger partial charge in [-0.2, -0.15) is 5.48 Å². The van der Waals surface area contributed by atoms with Crippen LogP contribution in [0.3, 0.4) is 0 Å². The average Bonchev–Trinajstić information content (AvgIpc) is 3.32. The summed E-state index contributed by atoms with van der Waals surface area (Å²) < 4.78 is 11.7. The van der Waals surface area contributed by atoms with E-state index in [1.807, 2.05) is 56.3 Å². The normalized spacial score (nSPS) is 16.5. The number of aryl methyl sites for hydroxylation is 1. The highest BCUT2D eigenvalue weighted by molar-refractivity contribution is 7.99. The van der Waals surface area contributed by atoms with Crippen molar-refractivity contribution >= 4 is 23.6 Å². The number of carbonyl (C=O) groups excluding carboxylic acids is 2. The summed E-state index contributed by atoms with van der Waals surface area (Å²) in [6, 6.07) is 13.1. The molecule has 1 fully saturated rings. The second kappa shape index (κ2) is 9.86. The predicted molar refractivity (Wildman–Crippen MR) is 117 cm³/mol. The number of carbonyl (C=O) groups is 2. The summed E-state index contributed by atoms with van der Waals surface area (Å²) >= 11 is 1.60. The van der Waals surface area contributed by atoms with Crippen molar-refractivity contribution in [1.29, 1.82) is 0 Å². The number of nitrogens with one attached hydrogen (secondary N) is 1. The molecule has 1 N–H and O–H groups in total. The lowest BCUT2D eigenvalue weighted by atomic mass is 9.99. The molecule has 1 aliphatic heterocycles. The Balaban J connectivity index is 1.28. The summed E-state index contributed by atoms with van der Waals surface area (Å²) in [5.41, 5.74) is 3.81. The number of oxazole rings is 1. The van der Waals surface area contributed by atoms with E-state index in [4.69, 9.17) is 9.15 Å². The second-order valence-electron chi connectivity index (χ2n) is 7.37. The molecule has 8 nitrogen and oxygen atoms in total. The predicted octanol–water partition coefficient (Wildman–Crippen LogP) is 3.60. The Morgan fingerprint density at radius 2 is 2.00 bits per heavy atom. The lowest BCUT2D eigenvalue weighted by molar-refractivity contribution is -0.146. The number of nitrogens with zero attached hydrogens (tertiary/aromatic N) is 2. The number of thioether (sulfide) groups is 1. The molecular weight excluding hydrogens is 430 g/mol. The molecule has 166 valence electrons. The van der Waals surface area contributed by atoms with Crippen LogP contribution in [0.1, 0.15) is 35.1 Å². The first-order valence-corrected chi connectivity index (χ1v) is 11.1. The van der Waals surface area contributed by atoms with E-state index in [2.05, 4.69) is 20.3 Å². The van der Waals surface area contributed by atoms with Crippen LogP contribution in [-0.2, 0) is 27.3 Å². The van der Waals surface area contributed by atoms with E-state index in [9.17, 15) is 9.59 Å². The van der Waals surface area contributed by atoms with Crippen molar-refractivity contribution in [2.75, 3.05) is 6.61 Å². The highest BCUT2D eigenvalue weighted by Crippen LogP contribution is 2.33. The van der Waals surface area contributed by atoms with Gasteiger partial charge < -0.3 is 14.0 Å². The summed E-state index contributed by atoms with van der Waals surface area (Å²) in [5, 5.41) is 0.972. The Bertz CT molecular complexity index is 1070. The van der Waals surface area contributed by atoms with E-state index in [0.717, 1.165) is 22.0 Å². The molecule has 0 aliphatic carbocycles. The fourth-order valence-corrected chi connectivity index (χ4v) is 4.10. The SMILES string of the molecule is Cc1oc(C(C)Sc2ccccn2)nc1CCOc1ccc(CC2C(=O)NOC2=O)cc1. The minimum absolute atomic E-state index is 0.0463. The molecule has 2 atom stereocenters. The molecule has 2 unspecified atom stereocenters. The van der Waals surface area contributed by atoms with Gasteiger partial charge in [0.05, 0.1) is 22.6 Å². The number of aromatic nitrogens is 2. The van der Waals surface area contributed by atoms with Crippen molar-refractivity contribution in [3.8, 4) is 5.75 Å². The van der Waals surface area contributed by atoms with Gasteiger partial charge in [0.15, 0.2) is 0 Å². The van der Waals surface area contributed by atoms with Crippen LogP contribution in [0.2, 0.25) is 0 Å². The molecule has 0 saturated carbocycles. The van der Waals surface area contributed by atoms with Crippen LogP contribution in [0.5, 0.6) is 5.75 Å². The van der Waals surface area contributed by atoms with Crippen LogP contribution in [0.15, 0.2) is 58.1 Å². The summed E-state index contributed by atoms with van der Waals surface area (Å²) in [5.74, 6) is 0.397. The highest BCUT2D eigenvalue weighted by Gasteiger charge is 2.35. The van der Waals surface area contributed by atoms with Crippen LogP contribution in [0.4, 0.5) is 0 Å². The number of amides is 1. The molecule has 3 aromatic rings. The Morgan fingerprint density at radius 3 is 2.69 bits per heavy atom. The second-order valence-corrected chi connectivity index (χ2v) is 8.73. The van der Waals surface area contributed by atoms with Crippen LogP contribution < -0.4 is 10.2 Å². The Labute approximate surface area is 189 Å². The third-order valence-corrected chi connectivity index (χ3v) is 6.05. The van der Waals surface area contributed by atoms with E-state index >= 15 is 0 Å². The Morgan fingerprint density at radius 1 is 1.19 bits per heavy atom. The monoisotopic (exact) mass is 453 g/mol. The van der Waals surface area contributed by atoms with Crippen molar-refractivity contribution in [2.24, 2.45) is 5.92 Å². The molecular formula is C23H23N3O5S. The van der Waals surface area contributed by atoms with Crippen LogP contribution in [0, 0.1) is 12.8 Å². The zero-order chi connectivity index (χ0) is 22.5. The van der Waals surface area contributed by atoms with Gasteiger partial charge in [-0.25, -0.2) is 14.8 Å². The molecule has 9 heteroatoms. The van der Waals surface area contributed by atoms with Gasteiger partial charge in [0.2, 0.25) is 5.89 Å². The third-order valence-electron chi connectivity index (χ3n) is 5.02. The topological polar surface area (TPSA) is 104 Å². The molecule has 0 bridgehead atoms. The molecule has 1 saturated heterocycles. The molecule has 2 aromatic heterocycles. The minimum Gasteiger partial charge on any atom is -0.493 e. The molecule has 4 rings (SSSR count). The smallest absolute Gasteiger partial charge is 0.345 e. The van der Waals surface area contributed by atoms with Crippen LogP contribution >= 0.6 is 11.8 Å². The van der Waals surface area contributed by atoms with Crippen molar-refractivity contribution in [1.82, 2.24) is 15.4 Å². The Kier molecular flexibility index (Phi) is 6.75. The number of rotatable bonds is 9. The van der Waals surface area contributed by atoms with Crippen LogP contribution in [0.25, 0.3) is 0 Å². The molecule has 0 radical (unpaired) electrons. The first kappa shape index (κ1) is 21.9. The number of pyridine rings is 1. The quantitative estimate of drug-likeness (QED) is 0.387. The average molecular weight is 454 g/mol. The van der Waals surface area contributed by atoms with Gasteiger partial charge in [0, 0.05) is 12.6 Å². The number of benzene rings is 1. The number of ether oxygens (including phenoxy) is 1. The first-order chi connectivity index (χ1) is 15.5. The zero-order valence-electron chi connectivity index (χ0n) is 17.7. The molecule has 0 spiro atoms. The van der Waals surface area contributed by atoms with Gasteiger partial charge in [0.1, 0.15) is 17.4 Å². The Hall–Kier alpha value is -3.33. The van der Waals surface area contributed by atoms with E-state index < -0.39 is 17.8 Å². The molecule has 1 aromatic carbocycles. The van der Waals surface area contributed by atoms with Crippen LogP contribution in [-0.4, -0.2) is 28.5 Å². The standard InChI is InChI=1S/C23H23N3O5S/c1-14-19(25-22(30-14)15(2)32-20-5-3-4-11-24-20)10-12-29-17-8-6-16(7-9-17)13-18-21(27)26-31-23(18)28/h3-9,11,15,18H,10,12-13H2,1-2H3,(H,26,27). The molecule has 3 heterocycles. The maximum absolute atomic E-state index is 11.6. The summed E-state index contributed by atoms with van der Waals surface area (Å²) in [6.07, 6.45) is 2.68. The maximum atomic E-state index is 11.6. The van der Waals surface area contributed by atoms with E-state index in [-0.39, 0.29) is 5.25 Å². The number of hydrogen-bond donors (Lipinski definition) is 1. The molecule has 32 heavy (non-hydrogen) atoms. The van der Waals surface area contributed by atoms with Gasteiger partial charge in [-0.15, -0.1) is 0 Å². The van der Waals surface area contributed by atoms with E-state index in [1.54, 1.807) is 18.0 Å². The van der Waals surface area contributed by atoms with Gasteiger partial charge in [-0.05, 0) is 50.1 Å². The fourth-order valence-electron chi connectivity index (χ4n) is 3.25. The van der Waals surface area contributed by atoms with Gasteiger partial charge in [0.25, 0.3) is 5.91 Å². The zero-order valence-corrected chi connectivity index (χ0v) is 18.6. The van der Waals surface area contributed by atoms with Crippen molar-refractivity contribution in [2.45, 2.75) is 37.0 Å². The minimum atomic E-state index is -0.802. The van der Waals surface area contributed by atoms with E-state index in [0.29, 0.717) is 31.1 Å². The highest BCUT2D eigenvalue weighted by atomic mass is 32.2. The molecule has 1 amide bonds. The summed E-state index contributed by atoms with van der Waals surface area (Å²) in [4.78, 5) is 36.7. The van der Waals surface area contributed by atoms with Gasteiger partial charge >= 0.3 is 5.97 Å². The van der Waals surface area contributed by atoms with Crippen molar-refractivity contribution in [3.63, 3.8) is 0 Å². The van der Waals surface area contributed by atoms with Crippen molar-refractivity contribution in [3.05, 3.63) is 71.6 Å². The number of hydrogen-bond acceptors (Lipinski definition) is 8. The maximum Gasteiger partial charge on any atom is 0.345 e. The fraction of sp³-hybridized carbons (Fsp3) is 0.304. The summed E-state index contributed by atoms with van der Waals surface area (Å²) in [6.45, 7) is 4.40.